The highest BCUT2D eigenvalue weighted by molar-refractivity contribution is 4.97. The predicted molar refractivity (Wildman–Crippen MR) is 173 cm³/mol. The van der Waals surface area contributed by atoms with Crippen LogP contribution in [0.1, 0.15) is 201 Å². The van der Waals surface area contributed by atoms with Gasteiger partial charge in [0.1, 0.15) is 6.17 Å². The van der Waals surface area contributed by atoms with Crippen LogP contribution in [0, 0.1) is 0 Å². The third-order valence-electron chi connectivity index (χ3n) is 8.82. The molecule has 0 radical (unpaired) electrons. The van der Waals surface area contributed by atoms with Crippen molar-refractivity contribution in [3.8, 4) is 0 Å². The van der Waals surface area contributed by atoms with Crippen molar-refractivity contribution in [2.24, 2.45) is 0 Å². The summed E-state index contributed by atoms with van der Waals surface area (Å²) in [6.45, 7) is 9.48. The van der Waals surface area contributed by atoms with Gasteiger partial charge in [-0.2, -0.15) is 0 Å². The van der Waals surface area contributed by atoms with Gasteiger partial charge in [0.25, 0.3) is 0 Å². The smallest absolute Gasteiger partial charge is 0.101 e. The van der Waals surface area contributed by atoms with Crippen LogP contribution in [0.5, 0.6) is 0 Å². The van der Waals surface area contributed by atoms with Gasteiger partial charge in [0.2, 0.25) is 0 Å². The monoisotopic (exact) mass is 533 g/mol. The van der Waals surface area contributed by atoms with Crippen LogP contribution in [0.15, 0.2) is 12.4 Å². The Hall–Kier alpha value is -0.660. The summed E-state index contributed by atoms with van der Waals surface area (Å²) in [7, 11) is 0. The Morgan fingerprint density at radius 1 is 0.342 bits per heavy atom. The van der Waals surface area contributed by atoms with E-state index in [9.17, 15) is 0 Å². The minimum atomic E-state index is 0.641. The second-order valence-corrected chi connectivity index (χ2v) is 12.5. The van der Waals surface area contributed by atoms with Gasteiger partial charge in [0.15, 0.2) is 0 Å². The molecular formula is C36H72N2. The van der Waals surface area contributed by atoms with E-state index in [4.69, 9.17) is 0 Å². The third-order valence-corrected chi connectivity index (χ3v) is 8.82. The maximum atomic E-state index is 2.69. The van der Waals surface area contributed by atoms with E-state index in [1.807, 2.05) is 0 Å². The lowest BCUT2D eigenvalue weighted by Gasteiger charge is -2.33. The molecule has 1 heterocycles. The molecule has 0 aromatic rings. The molecule has 1 rings (SSSR count). The summed E-state index contributed by atoms with van der Waals surface area (Å²) in [5, 5.41) is 0. The van der Waals surface area contributed by atoms with Crippen molar-refractivity contribution in [3.05, 3.63) is 12.4 Å². The first kappa shape index (κ1) is 35.4. The van der Waals surface area contributed by atoms with Crippen molar-refractivity contribution >= 4 is 0 Å². The molecule has 0 N–H and O–H groups in total. The Morgan fingerprint density at radius 3 is 0.921 bits per heavy atom. The van der Waals surface area contributed by atoms with Gasteiger partial charge in [0, 0.05) is 25.5 Å². The standard InChI is InChI=1S/C36H72N2/c1-4-7-10-12-14-16-17-18-19-20-21-23-25-27-30-33-38-35-34-37(36(38)31-28-9-6-3)32-29-26-24-22-15-13-11-8-5-2/h34-36H,4-33H2,1-3H3. The number of hydrogen-bond acceptors (Lipinski definition) is 2. The van der Waals surface area contributed by atoms with E-state index >= 15 is 0 Å². The maximum absolute atomic E-state index is 2.69. The number of nitrogens with zero attached hydrogens (tertiary/aromatic N) is 2. The number of rotatable bonds is 30. The van der Waals surface area contributed by atoms with E-state index in [2.05, 4.69) is 43.0 Å². The van der Waals surface area contributed by atoms with Crippen molar-refractivity contribution in [1.29, 1.82) is 0 Å². The Kier molecular flexibility index (Phi) is 26.0. The first-order chi connectivity index (χ1) is 18.8. The highest BCUT2D eigenvalue weighted by Crippen LogP contribution is 2.23. The molecule has 0 spiro atoms. The van der Waals surface area contributed by atoms with Gasteiger partial charge in [0.05, 0.1) is 0 Å². The van der Waals surface area contributed by atoms with Crippen LogP contribution in [0.3, 0.4) is 0 Å². The zero-order valence-corrected chi connectivity index (χ0v) is 26.8. The van der Waals surface area contributed by atoms with Crippen LogP contribution in [0.4, 0.5) is 0 Å². The summed E-state index contributed by atoms with van der Waals surface area (Å²) in [4.78, 5) is 5.37. The molecule has 0 saturated carbocycles. The molecule has 0 aromatic heterocycles. The molecule has 0 aromatic carbocycles. The quantitative estimate of drug-likeness (QED) is 0.0848. The molecule has 2 nitrogen and oxygen atoms in total. The molecule has 0 amide bonds. The fourth-order valence-electron chi connectivity index (χ4n) is 6.19. The van der Waals surface area contributed by atoms with Crippen LogP contribution in [-0.4, -0.2) is 29.1 Å². The van der Waals surface area contributed by atoms with Crippen LogP contribution < -0.4 is 0 Å². The zero-order chi connectivity index (χ0) is 27.4. The highest BCUT2D eigenvalue weighted by Gasteiger charge is 2.24. The van der Waals surface area contributed by atoms with Gasteiger partial charge in [-0.05, 0) is 25.7 Å². The second kappa shape index (κ2) is 27.9. The lowest BCUT2D eigenvalue weighted by atomic mass is 10.0. The SMILES string of the molecule is CCCCCCCCCCCCCCCCCN1C=CN(CCCCCCCCCCC)C1CCCCC. The molecule has 1 aliphatic rings. The summed E-state index contributed by atoms with van der Waals surface area (Å²) in [5.41, 5.74) is 0. The number of unbranched alkanes of at least 4 members (excludes halogenated alkanes) is 24. The molecule has 0 saturated heterocycles. The molecule has 1 aliphatic heterocycles. The third kappa shape index (κ3) is 20.3. The molecule has 2 heteroatoms. The molecular weight excluding hydrogens is 460 g/mol. The van der Waals surface area contributed by atoms with Crippen molar-refractivity contribution in [2.45, 2.75) is 207 Å². The van der Waals surface area contributed by atoms with Crippen LogP contribution >= 0.6 is 0 Å². The lowest BCUT2D eigenvalue weighted by molar-refractivity contribution is 0.135. The minimum absolute atomic E-state index is 0.641. The summed E-state index contributed by atoms with van der Waals surface area (Å²) in [6, 6.07) is 0. The maximum Gasteiger partial charge on any atom is 0.101 e. The van der Waals surface area contributed by atoms with Gasteiger partial charge in [-0.15, -0.1) is 0 Å². The van der Waals surface area contributed by atoms with Gasteiger partial charge in [-0.25, -0.2) is 0 Å². The highest BCUT2D eigenvalue weighted by atomic mass is 15.4. The Morgan fingerprint density at radius 2 is 0.605 bits per heavy atom. The molecule has 226 valence electrons. The summed E-state index contributed by atoms with van der Waals surface area (Å²) >= 11 is 0. The van der Waals surface area contributed by atoms with Gasteiger partial charge < -0.3 is 9.80 Å². The molecule has 0 aliphatic carbocycles. The average Bonchev–Trinajstić information content (AvgIpc) is 3.31. The summed E-state index contributed by atoms with van der Waals surface area (Å²) in [6.07, 6.45) is 45.5. The van der Waals surface area contributed by atoms with E-state index < -0.39 is 0 Å². The largest absolute Gasteiger partial charge is 0.356 e. The topological polar surface area (TPSA) is 6.48 Å². The van der Waals surface area contributed by atoms with Gasteiger partial charge >= 0.3 is 0 Å². The fourth-order valence-corrected chi connectivity index (χ4v) is 6.19. The summed E-state index contributed by atoms with van der Waals surface area (Å²) < 4.78 is 0. The Bertz CT molecular complexity index is 488. The normalized spacial score (nSPS) is 15.3. The number of hydrogen-bond donors (Lipinski definition) is 0. The van der Waals surface area contributed by atoms with Crippen molar-refractivity contribution < 1.29 is 0 Å². The minimum Gasteiger partial charge on any atom is -0.356 e. The second-order valence-electron chi connectivity index (χ2n) is 12.5. The zero-order valence-electron chi connectivity index (χ0n) is 26.8. The first-order valence-electron chi connectivity index (χ1n) is 18.0. The van der Waals surface area contributed by atoms with Crippen molar-refractivity contribution in [2.75, 3.05) is 13.1 Å². The van der Waals surface area contributed by atoms with E-state index in [0.717, 1.165) is 0 Å². The first-order valence-corrected chi connectivity index (χ1v) is 18.0. The Labute approximate surface area is 241 Å². The predicted octanol–water partition coefficient (Wildman–Crippen LogP) is 12.4. The van der Waals surface area contributed by atoms with Crippen LogP contribution in [-0.2, 0) is 0 Å². The van der Waals surface area contributed by atoms with E-state index in [1.165, 1.54) is 193 Å². The molecule has 1 atom stereocenters. The van der Waals surface area contributed by atoms with Crippen molar-refractivity contribution in [1.82, 2.24) is 9.80 Å². The summed E-state index contributed by atoms with van der Waals surface area (Å²) in [5.74, 6) is 0. The van der Waals surface area contributed by atoms with Crippen LogP contribution in [0.25, 0.3) is 0 Å². The average molecular weight is 533 g/mol. The van der Waals surface area contributed by atoms with E-state index in [0.29, 0.717) is 6.17 Å². The molecule has 1 unspecified atom stereocenters. The van der Waals surface area contributed by atoms with E-state index in [-0.39, 0.29) is 0 Å². The molecule has 0 fully saturated rings. The van der Waals surface area contributed by atoms with Crippen molar-refractivity contribution in [3.63, 3.8) is 0 Å². The molecule has 38 heavy (non-hydrogen) atoms. The van der Waals surface area contributed by atoms with Gasteiger partial charge in [-0.3, -0.25) is 0 Å². The Balaban J connectivity index is 2.05. The molecule has 0 bridgehead atoms. The van der Waals surface area contributed by atoms with Crippen LogP contribution in [0.2, 0.25) is 0 Å². The lowest BCUT2D eigenvalue weighted by Crippen LogP contribution is -2.39. The van der Waals surface area contributed by atoms with E-state index in [1.54, 1.807) is 0 Å². The van der Waals surface area contributed by atoms with Gasteiger partial charge in [-0.1, -0.05) is 175 Å². The fraction of sp³-hybridized carbons (Fsp3) is 0.944.